The second-order valence-corrected chi connectivity index (χ2v) is 5.70. The molecule has 4 nitrogen and oxygen atoms in total. The van der Waals surface area contributed by atoms with Crippen LogP contribution >= 0.6 is 0 Å². The third-order valence-corrected chi connectivity index (χ3v) is 3.83. The molecule has 0 amide bonds. The third-order valence-electron chi connectivity index (χ3n) is 3.83. The van der Waals surface area contributed by atoms with Crippen molar-refractivity contribution in [2.45, 2.75) is 39.7 Å². The molecular formula is C13H26N2O2. The maximum Gasteiger partial charge on any atom is 0.324 e. The van der Waals surface area contributed by atoms with Gasteiger partial charge in [0.05, 0.1) is 0 Å². The van der Waals surface area contributed by atoms with Gasteiger partial charge in [0, 0.05) is 13.1 Å². The third kappa shape index (κ3) is 3.68. The molecule has 4 heteroatoms. The zero-order chi connectivity index (χ0) is 13.1. The van der Waals surface area contributed by atoms with E-state index in [-0.39, 0.29) is 0 Å². The number of carboxylic acid groups (broad SMARTS) is 1. The number of rotatable bonds is 6. The van der Waals surface area contributed by atoms with Gasteiger partial charge in [-0.05, 0) is 38.3 Å². The number of hydrogen-bond donors (Lipinski definition) is 2. The minimum atomic E-state index is -0.819. The van der Waals surface area contributed by atoms with E-state index >= 15 is 0 Å². The quantitative estimate of drug-likeness (QED) is 0.739. The van der Waals surface area contributed by atoms with Crippen LogP contribution in [0.3, 0.4) is 0 Å². The molecule has 1 saturated heterocycles. The normalized spacial score (nSPS) is 25.1. The van der Waals surface area contributed by atoms with E-state index in [1.807, 2.05) is 6.92 Å². The van der Waals surface area contributed by atoms with Crippen molar-refractivity contribution in [1.29, 1.82) is 0 Å². The number of nitrogens with one attached hydrogen (secondary N) is 1. The molecule has 0 aromatic rings. The number of nitrogens with zero attached hydrogens (tertiary/aromatic N) is 1. The Morgan fingerprint density at radius 3 is 2.65 bits per heavy atom. The second kappa shape index (κ2) is 5.83. The molecule has 0 aromatic carbocycles. The molecule has 100 valence electrons. The average Bonchev–Trinajstić information content (AvgIpc) is 2.66. The zero-order valence-electron chi connectivity index (χ0n) is 11.5. The molecule has 1 fully saturated rings. The van der Waals surface area contributed by atoms with Crippen molar-refractivity contribution in [2.24, 2.45) is 11.8 Å². The van der Waals surface area contributed by atoms with Crippen LogP contribution in [0, 0.1) is 11.8 Å². The van der Waals surface area contributed by atoms with Crippen LogP contribution in [-0.4, -0.2) is 47.7 Å². The van der Waals surface area contributed by atoms with Crippen LogP contribution in [0.4, 0.5) is 0 Å². The topological polar surface area (TPSA) is 52.6 Å². The predicted octanol–water partition coefficient (Wildman–Crippen LogP) is 1.42. The van der Waals surface area contributed by atoms with Crippen LogP contribution in [0.2, 0.25) is 0 Å². The summed E-state index contributed by atoms with van der Waals surface area (Å²) < 4.78 is 0. The summed E-state index contributed by atoms with van der Waals surface area (Å²) in [7, 11) is 0. The van der Waals surface area contributed by atoms with Crippen LogP contribution < -0.4 is 5.32 Å². The Morgan fingerprint density at radius 2 is 2.24 bits per heavy atom. The predicted molar refractivity (Wildman–Crippen MR) is 69.1 cm³/mol. The van der Waals surface area contributed by atoms with Crippen molar-refractivity contribution in [3.63, 3.8) is 0 Å². The summed E-state index contributed by atoms with van der Waals surface area (Å²) in [6.45, 7) is 11.6. The largest absolute Gasteiger partial charge is 0.480 e. The van der Waals surface area contributed by atoms with Gasteiger partial charge in [-0.3, -0.25) is 4.79 Å². The lowest BCUT2D eigenvalue weighted by molar-refractivity contribution is -0.144. The molecule has 0 spiro atoms. The monoisotopic (exact) mass is 242 g/mol. The maximum atomic E-state index is 11.3. The molecule has 2 atom stereocenters. The lowest BCUT2D eigenvalue weighted by Crippen LogP contribution is -2.56. The molecule has 0 saturated carbocycles. The Labute approximate surface area is 104 Å². The van der Waals surface area contributed by atoms with E-state index in [9.17, 15) is 9.90 Å². The summed E-state index contributed by atoms with van der Waals surface area (Å²) >= 11 is 0. The van der Waals surface area contributed by atoms with E-state index in [0.29, 0.717) is 19.0 Å². The van der Waals surface area contributed by atoms with Gasteiger partial charge in [0.15, 0.2) is 0 Å². The second-order valence-electron chi connectivity index (χ2n) is 5.70. The Hall–Kier alpha value is -0.610. The maximum absolute atomic E-state index is 11.3. The fraction of sp³-hybridized carbons (Fsp3) is 0.923. The standard InChI is InChI=1S/C13H26N2O2/c1-5-14-13(4,12(16)17)9-15-7-6-11(8-15)10(2)3/h10-11,14H,5-9H2,1-4H3,(H,16,17). The number of carboxylic acids is 1. The summed E-state index contributed by atoms with van der Waals surface area (Å²) in [4.78, 5) is 13.6. The number of likely N-dealkylation sites (tertiary alicyclic amines) is 1. The molecule has 1 heterocycles. The average molecular weight is 242 g/mol. The fourth-order valence-corrected chi connectivity index (χ4v) is 2.59. The van der Waals surface area contributed by atoms with Crippen LogP contribution in [0.25, 0.3) is 0 Å². The van der Waals surface area contributed by atoms with E-state index < -0.39 is 11.5 Å². The molecule has 1 aliphatic rings. The van der Waals surface area contributed by atoms with Gasteiger partial charge in [-0.1, -0.05) is 20.8 Å². The van der Waals surface area contributed by atoms with Crippen molar-refractivity contribution >= 4 is 5.97 Å². The molecule has 2 N–H and O–H groups in total. The molecule has 0 bridgehead atoms. The molecule has 17 heavy (non-hydrogen) atoms. The minimum absolute atomic E-state index is 0.597. The highest BCUT2D eigenvalue weighted by molar-refractivity contribution is 5.78. The van der Waals surface area contributed by atoms with Crippen molar-refractivity contribution in [1.82, 2.24) is 10.2 Å². The smallest absolute Gasteiger partial charge is 0.324 e. The lowest BCUT2D eigenvalue weighted by Gasteiger charge is -2.31. The van der Waals surface area contributed by atoms with Crippen LogP contribution in [0.15, 0.2) is 0 Å². The summed E-state index contributed by atoms with van der Waals surface area (Å²) in [6, 6.07) is 0. The molecular weight excluding hydrogens is 216 g/mol. The van der Waals surface area contributed by atoms with Crippen LogP contribution in [0.1, 0.15) is 34.1 Å². The van der Waals surface area contributed by atoms with Gasteiger partial charge >= 0.3 is 5.97 Å². The molecule has 1 rings (SSSR count). The highest BCUT2D eigenvalue weighted by atomic mass is 16.4. The molecule has 1 aliphatic heterocycles. The van der Waals surface area contributed by atoms with Crippen molar-refractivity contribution in [2.75, 3.05) is 26.2 Å². The summed E-state index contributed by atoms with van der Waals surface area (Å²) in [6.07, 6.45) is 1.19. The highest BCUT2D eigenvalue weighted by Crippen LogP contribution is 2.24. The highest BCUT2D eigenvalue weighted by Gasteiger charge is 2.36. The number of likely N-dealkylation sites (N-methyl/N-ethyl adjacent to an activating group) is 1. The number of hydrogen-bond acceptors (Lipinski definition) is 3. The molecule has 0 aromatic heterocycles. The van der Waals surface area contributed by atoms with Gasteiger partial charge in [-0.25, -0.2) is 0 Å². The van der Waals surface area contributed by atoms with Gasteiger partial charge in [-0.15, -0.1) is 0 Å². The van der Waals surface area contributed by atoms with Gasteiger partial charge in [-0.2, -0.15) is 0 Å². The van der Waals surface area contributed by atoms with E-state index in [4.69, 9.17) is 0 Å². The Bertz CT molecular complexity index is 268. The zero-order valence-corrected chi connectivity index (χ0v) is 11.5. The van der Waals surface area contributed by atoms with E-state index in [1.54, 1.807) is 6.92 Å². The van der Waals surface area contributed by atoms with E-state index in [1.165, 1.54) is 6.42 Å². The van der Waals surface area contributed by atoms with Gasteiger partial charge < -0.3 is 15.3 Å². The molecule has 0 radical (unpaired) electrons. The Balaban J connectivity index is 2.55. The van der Waals surface area contributed by atoms with Crippen molar-refractivity contribution < 1.29 is 9.90 Å². The SMILES string of the molecule is CCNC(C)(CN1CCC(C(C)C)C1)C(=O)O. The summed E-state index contributed by atoms with van der Waals surface area (Å²) in [5.41, 5.74) is -0.819. The lowest BCUT2D eigenvalue weighted by atomic mass is 9.95. The van der Waals surface area contributed by atoms with Crippen molar-refractivity contribution in [3.05, 3.63) is 0 Å². The first-order chi connectivity index (χ1) is 7.89. The Kier molecular flexibility index (Phi) is 4.95. The van der Waals surface area contributed by atoms with Gasteiger partial charge in [0.1, 0.15) is 5.54 Å². The van der Waals surface area contributed by atoms with Crippen molar-refractivity contribution in [3.8, 4) is 0 Å². The van der Waals surface area contributed by atoms with Crippen LogP contribution in [-0.2, 0) is 4.79 Å². The first-order valence-electron chi connectivity index (χ1n) is 6.60. The van der Waals surface area contributed by atoms with Gasteiger partial charge in [0.2, 0.25) is 0 Å². The number of aliphatic carboxylic acids is 1. The van der Waals surface area contributed by atoms with Gasteiger partial charge in [0.25, 0.3) is 0 Å². The molecule has 0 aliphatic carbocycles. The Morgan fingerprint density at radius 1 is 1.59 bits per heavy atom. The first kappa shape index (κ1) is 14.5. The summed E-state index contributed by atoms with van der Waals surface area (Å²) in [5.74, 6) is 0.650. The number of carbonyl (C=O) groups is 1. The van der Waals surface area contributed by atoms with E-state index in [0.717, 1.165) is 19.0 Å². The first-order valence-corrected chi connectivity index (χ1v) is 6.60. The molecule has 2 unspecified atom stereocenters. The van der Waals surface area contributed by atoms with E-state index in [2.05, 4.69) is 24.1 Å². The van der Waals surface area contributed by atoms with Crippen LogP contribution in [0.5, 0.6) is 0 Å². The fourth-order valence-electron chi connectivity index (χ4n) is 2.59. The minimum Gasteiger partial charge on any atom is -0.480 e. The summed E-state index contributed by atoms with van der Waals surface area (Å²) in [5, 5.41) is 12.4.